The van der Waals surface area contributed by atoms with Gasteiger partial charge in [0.1, 0.15) is 12.7 Å². The van der Waals surface area contributed by atoms with E-state index in [9.17, 15) is 24.0 Å². The van der Waals surface area contributed by atoms with Crippen molar-refractivity contribution in [3.05, 3.63) is 35.4 Å². The molecule has 2 unspecified atom stereocenters. The molecular formula is C21H26N4O5Si. The van der Waals surface area contributed by atoms with Crippen LogP contribution in [0.4, 0.5) is 4.79 Å². The van der Waals surface area contributed by atoms with Crippen LogP contribution in [0, 0.1) is 0 Å². The molecule has 1 aromatic carbocycles. The molecule has 0 bridgehead atoms. The van der Waals surface area contributed by atoms with Crippen molar-refractivity contribution in [2.24, 2.45) is 0 Å². The monoisotopic (exact) mass is 442 g/mol. The summed E-state index contributed by atoms with van der Waals surface area (Å²) >= 11 is 0. The minimum absolute atomic E-state index is 0.107. The second kappa shape index (κ2) is 6.49. The summed E-state index contributed by atoms with van der Waals surface area (Å²) < 4.78 is 1.61. The Kier molecular flexibility index (Phi) is 4.44. The second-order valence-corrected chi connectivity index (χ2v) is 14.9. The van der Waals surface area contributed by atoms with Crippen LogP contribution in [0.2, 0.25) is 18.1 Å². The second-order valence-electron chi connectivity index (χ2n) is 9.80. The fraction of sp³-hybridized carbons (Fsp3) is 0.476. The van der Waals surface area contributed by atoms with Crippen molar-refractivity contribution in [1.29, 1.82) is 0 Å². The number of carbonyl (C=O) groups is 5. The Balaban J connectivity index is 1.81. The normalized spacial score (nSPS) is 24.4. The van der Waals surface area contributed by atoms with Gasteiger partial charge in [-0.05, 0) is 17.2 Å². The van der Waals surface area contributed by atoms with Crippen LogP contribution in [0.25, 0.3) is 0 Å². The highest BCUT2D eigenvalue weighted by Gasteiger charge is 2.66. The highest BCUT2D eigenvalue weighted by atomic mass is 28.3. The zero-order valence-electron chi connectivity index (χ0n) is 18.5. The standard InChI is InChI=1S/C21H26N4O5Si/c1-21(2,3)31(5,6)25-16(23-14(26)11-22(4)20(23)30)15(19(25)29)24-17(27)12-9-7-8-10-13(12)18(24)28/h7-10,15-16H,11H2,1-6H3. The van der Waals surface area contributed by atoms with Crippen molar-refractivity contribution >= 4 is 37.9 Å². The van der Waals surface area contributed by atoms with Gasteiger partial charge in [-0.3, -0.25) is 24.1 Å². The van der Waals surface area contributed by atoms with E-state index >= 15 is 0 Å². The van der Waals surface area contributed by atoms with E-state index in [-0.39, 0.29) is 22.7 Å². The first kappa shape index (κ1) is 21.2. The predicted molar refractivity (Wildman–Crippen MR) is 113 cm³/mol. The highest BCUT2D eigenvalue weighted by molar-refractivity contribution is 6.80. The maximum absolute atomic E-state index is 13.5. The minimum Gasteiger partial charge on any atom is -0.345 e. The number of urea groups is 1. The van der Waals surface area contributed by atoms with Gasteiger partial charge in [0.05, 0.1) is 11.1 Å². The van der Waals surface area contributed by atoms with E-state index in [2.05, 4.69) is 0 Å². The van der Waals surface area contributed by atoms with Gasteiger partial charge in [-0.25, -0.2) is 9.69 Å². The number of likely N-dealkylation sites (N-methyl/N-ethyl adjacent to an activating group) is 1. The lowest BCUT2D eigenvalue weighted by atomic mass is 10.0. The molecule has 0 spiro atoms. The molecule has 0 aromatic heterocycles. The number of carbonyl (C=O) groups excluding carboxylic acids is 5. The zero-order chi connectivity index (χ0) is 23.0. The van der Waals surface area contributed by atoms with Gasteiger partial charge in [0.15, 0.2) is 14.3 Å². The summed E-state index contributed by atoms with van der Waals surface area (Å²) in [7, 11) is -1.03. The van der Waals surface area contributed by atoms with Crippen LogP contribution in [-0.2, 0) is 9.59 Å². The SMILES string of the molecule is CN1CC(=O)N(C2C(N3C(=O)c4ccccc4C3=O)C(=O)N2[Si](C)(C)C(C)(C)C)C1=O. The van der Waals surface area contributed by atoms with Crippen LogP contribution in [0.3, 0.4) is 0 Å². The third-order valence-electron chi connectivity index (χ3n) is 7.02. The summed E-state index contributed by atoms with van der Waals surface area (Å²) in [4.78, 5) is 68.5. The number of benzene rings is 1. The Morgan fingerprint density at radius 3 is 1.84 bits per heavy atom. The maximum atomic E-state index is 13.5. The highest BCUT2D eigenvalue weighted by Crippen LogP contribution is 2.46. The Hall–Kier alpha value is -3.01. The van der Waals surface area contributed by atoms with E-state index in [1.807, 2.05) is 33.9 Å². The molecule has 3 aliphatic heterocycles. The molecule has 0 saturated carbocycles. The lowest BCUT2D eigenvalue weighted by Crippen LogP contribution is -2.83. The molecule has 1 aromatic rings. The van der Waals surface area contributed by atoms with Crippen molar-refractivity contribution in [3.8, 4) is 0 Å². The summed E-state index contributed by atoms with van der Waals surface area (Å²) in [6.45, 7) is 9.91. The lowest BCUT2D eigenvalue weighted by Gasteiger charge is -2.60. The number of hydrogen-bond acceptors (Lipinski definition) is 5. The number of fused-ring (bicyclic) bond motifs is 1. The molecule has 31 heavy (non-hydrogen) atoms. The Morgan fingerprint density at radius 2 is 1.42 bits per heavy atom. The largest absolute Gasteiger partial charge is 0.345 e. The minimum atomic E-state index is -2.54. The number of β-lactam (4-membered cyclic amide) rings is 1. The Labute approximate surface area is 181 Å². The Bertz CT molecular complexity index is 1010. The molecule has 2 fully saturated rings. The molecule has 10 heteroatoms. The molecular weight excluding hydrogens is 416 g/mol. The summed E-state index contributed by atoms with van der Waals surface area (Å²) in [6, 6.07) is 4.63. The first-order chi connectivity index (χ1) is 14.3. The summed E-state index contributed by atoms with van der Waals surface area (Å²) in [6.07, 6.45) is -0.999. The number of rotatable bonds is 3. The van der Waals surface area contributed by atoms with E-state index < -0.39 is 50.1 Å². The van der Waals surface area contributed by atoms with E-state index in [1.54, 1.807) is 28.8 Å². The van der Waals surface area contributed by atoms with Crippen molar-refractivity contribution in [1.82, 2.24) is 19.3 Å². The van der Waals surface area contributed by atoms with Crippen molar-refractivity contribution < 1.29 is 24.0 Å². The van der Waals surface area contributed by atoms with Gasteiger partial charge < -0.3 is 9.47 Å². The smallest absolute Gasteiger partial charge is 0.328 e. The fourth-order valence-electron chi connectivity index (χ4n) is 4.29. The van der Waals surface area contributed by atoms with Gasteiger partial charge in [0, 0.05) is 7.05 Å². The molecule has 3 heterocycles. The van der Waals surface area contributed by atoms with E-state index in [1.165, 1.54) is 11.9 Å². The third kappa shape index (κ3) is 2.70. The van der Waals surface area contributed by atoms with Gasteiger partial charge in [0.2, 0.25) is 5.91 Å². The molecule has 3 aliphatic rings. The van der Waals surface area contributed by atoms with Gasteiger partial charge in [-0.15, -0.1) is 0 Å². The predicted octanol–water partition coefficient (Wildman–Crippen LogP) is 1.72. The van der Waals surface area contributed by atoms with Gasteiger partial charge in [-0.2, -0.15) is 0 Å². The molecule has 2 atom stereocenters. The first-order valence-corrected chi connectivity index (χ1v) is 13.1. The van der Waals surface area contributed by atoms with Crippen molar-refractivity contribution in [3.63, 3.8) is 0 Å². The van der Waals surface area contributed by atoms with E-state index in [0.717, 1.165) is 9.80 Å². The van der Waals surface area contributed by atoms with Crippen LogP contribution in [0.1, 0.15) is 41.5 Å². The summed E-state index contributed by atoms with van der Waals surface area (Å²) in [5.74, 6) is -2.01. The number of hydrogen-bond donors (Lipinski definition) is 0. The third-order valence-corrected chi connectivity index (χ3v) is 12.4. The summed E-state index contributed by atoms with van der Waals surface area (Å²) in [5, 5.41) is -0.272. The van der Waals surface area contributed by atoms with Crippen LogP contribution in [0.15, 0.2) is 24.3 Å². The van der Waals surface area contributed by atoms with Crippen molar-refractivity contribution in [2.45, 2.75) is 51.1 Å². The van der Waals surface area contributed by atoms with Crippen LogP contribution >= 0.6 is 0 Å². The molecule has 9 nitrogen and oxygen atoms in total. The van der Waals surface area contributed by atoms with Crippen LogP contribution in [0.5, 0.6) is 0 Å². The van der Waals surface area contributed by atoms with Gasteiger partial charge in [0.25, 0.3) is 17.7 Å². The quantitative estimate of drug-likeness (QED) is 0.307. The Morgan fingerprint density at radius 1 is 0.903 bits per heavy atom. The molecule has 164 valence electrons. The first-order valence-electron chi connectivity index (χ1n) is 10.2. The summed E-state index contributed by atoms with van der Waals surface area (Å²) in [5.41, 5.74) is 0.446. The lowest BCUT2D eigenvalue weighted by molar-refractivity contribution is -0.158. The molecule has 2 saturated heterocycles. The topological polar surface area (TPSA) is 98.3 Å². The van der Waals surface area contributed by atoms with Crippen molar-refractivity contribution in [2.75, 3.05) is 13.6 Å². The molecule has 0 radical (unpaired) electrons. The number of imide groups is 2. The zero-order valence-corrected chi connectivity index (χ0v) is 19.5. The van der Waals surface area contributed by atoms with E-state index in [4.69, 9.17) is 0 Å². The van der Waals surface area contributed by atoms with Gasteiger partial charge >= 0.3 is 6.03 Å². The van der Waals surface area contributed by atoms with Crippen LogP contribution in [-0.4, -0.2) is 83.0 Å². The van der Waals surface area contributed by atoms with Crippen LogP contribution < -0.4 is 0 Å². The molecule has 6 amide bonds. The average Bonchev–Trinajstić information content (AvgIpc) is 3.06. The van der Waals surface area contributed by atoms with Gasteiger partial charge in [-0.1, -0.05) is 46.0 Å². The maximum Gasteiger partial charge on any atom is 0.328 e. The molecule has 0 aliphatic carbocycles. The van der Waals surface area contributed by atoms with E-state index in [0.29, 0.717) is 0 Å². The molecule has 0 N–H and O–H groups in total. The number of amides is 6. The number of nitrogens with zero attached hydrogens (tertiary/aromatic N) is 4. The fourth-order valence-corrected chi connectivity index (χ4v) is 6.61. The molecule has 4 rings (SSSR count). The average molecular weight is 443 g/mol.